The average molecular weight is 348 g/mol. The second kappa shape index (κ2) is 5.82. The lowest BCUT2D eigenvalue weighted by molar-refractivity contribution is -0.0386. The molecule has 1 aliphatic carbocycles. The van der Waals surface area contributed by atoms with Crippen LogP contribution in [0, 0.1) is 0 Å². The minimum Gasteiger partial charge on any atom is -0.370 e. The summed E-state index contributed by atoms with van der Waals surface area (Å²) in [6.45, 7) is 4.55. The summed E-state index contributed by atoms with van der Waals surface area (Å²) in [6.07, 6.45) is 6.57. The first-order chi connectivity index (χ1) is 11.5. The number of nitrogens with two attached hydrogens (primary N) is 1. The van der Waals surface area contributed by atoms with E-state index in [4.69, 9.17) is 10.6 Å². The SMILES string of the molecule is CC1(C)Cc2c(sc3c(nc(NN)n3C3CCCCC3)c2=O)CO1. The van der Waals surface area contributed by atoms with Crippen molar-refractivity contribution in [1.29, 1.82) is 0 Å². The number of anilines is 1. The van der Waals surface area contributed by atoms with E-state index >= 15 is 0 Å². The molecule has 0 saturated heterocycles. The Morgan fingerprint density at radius 1 is 1.33 bits per heavy atom. The van der Waals surface area contributed by atoms with E-state index in [0.717, 1.165) is 28.1 Å². The smallest absolute Gasteiger partial charge is 0.219 e. The summed E-state index contributed by atoms with van der Waals surface area (Å²) >= 11 is 1.64. The Hall–Kier alpha value is -1.44. The number of fused-ring (bicyclic) bond motifs is 2. The van der Waals surface area contributed by atoms with Crippen molar-refractivity contribution in [2.45, 2.75) is 70.6 Å². The molecule has 1 fully saturated rings. The highest BCUT2D eigenvalue weighted by Gasteiger charge is 2.31. The molecule has 2 aromatic rings. The van der Waals surface area contributed by atoms with Crippen LogP contribution in [0.15, 0.2) is 4.79 Å². The van der Waals surface area contributed by atoms with Crippen molar-refractivity contribution in [3.63, 3.8) is 0 Å². The van der Waals surface area contributed by atoms with Crippen molar-refractivity contribution in [2.24, 2.45) is 5.84 Å². The van der Waals surface area contributed by atoms with Gasteiger partial charge in [-0.1, -0.05) is 19.3 Å². The maximum Gasteiger partial charge on any atom is 0.219 e. The molecular formula is C17H24N4O2S. The zero-order valence-electron chi connectivity index (χ0n) is 14.2. The number of ether oxygens (including phenoxy) is 1. The van der Waals surface area contributed by atoms with E-state index in [1.54, 1.807) is 11.3 Å². The molecule has 3 heterocycles. The molecule has 0 spiro atoms. The molecule has 2 aromatic heterocycles. The summed E-state index contributed by atoms with van der Waals surface area (Å²) in [5, 5.41) is 0. The lowest BCUT2D eigenvalue weighted by Crippen LogP contribution is -2.34. The van der Waals surface area contributed by atoms with Crippen molar-refractivity contribution < 1.29 is 4.74 Å². The highest BCUT2D eigenvalue weighted by atomic mass is 32.1. The lowest BCUT2D eigenvalue weighted by atomic mass is 9.95. The van der Waals surface area contributed by atoms with Crippen LogP contribution >= 0.6 is 11.3 Å². The van der Waals surface area contributed by atoms with Crippen LogP contribution in [0.3, 0.4) is 0 Å². The fraction of sp³-hybridized carbons (Fsp3) is 0.647. The predicted molar refractivity (Wildman–Crippen MR) is 96.4 cm³/mol. The number of hydrazine groups is 1. The standard InChI is InChI=1S/C17H24N4O2S/c1-17(2)8-11-12(9-23-17)24-15-13(14(11)22)19-16(20-18)21(15)10-6-4-3-5-7-10/h10H,3-9,18H2,1-2H3,(H,19,20). The van der Waals surface area contributed by atoms with Gasteiger partial charge in [-0.2, -0.15) is 0 Å². The summed E-state index contributed by atoms with van der Waals surface area (Å²) in [6, 6.07) is 0.365. The van der Waals surface area contributed by atoms with E-state index in [0.29, 0.717) is 30.5 Å². The van der Waals surface area contributed by atoms with E-state index in [1.807, 2.05) is 13.8 Å². The molecular weight excluding hydrogens is 324 g/mol. The van der Waals surface area contributed by atoms with Gasteiger partial charge in [-0.15, -0.1) is 11.3 Å². The van der Waals surface area contributed by atoms with Crippen LogP contribution in [0.5, 0.6) is 0 Å². The Morgan fingerprint density at radius 3 is 2.79 bits per heavy atom. The van der Waals surface area contributed by atoms with Gasteiger partial charge in [-0.3, -0.25) is 14.8 Å². The minimum absolute atomic E-state index is 0.0428. The maximum absolute atomic E-state index is 13.0. The van der Waals surface area contributed by atoms with Crippen LogP contribution in [0.1, 0.15) is 62.4 Å². The molecule has 2 aliphatic rings. The molecule has 0 aromatic carbocycles. The van der Waals surface area contributed by atoms with Crippen LogP contribution in [0.2, 0.25) is 0 Å². The first-order valence-corrected chi connectivity index (χ1v) is 9.49. The molecule has 0 bridgehead atoms. The number of nitrogens with zero attached hydrogens (tertiary/aromatic N) is 2. The van der Waals surface area contributed by atoms with Gasteiger partial charge < -0.3 is 4.74 Å². The van der Waals surface area contributed by atoms with E-state index in [-0.39, 0.29) is 11.0 Å². The summed E-state index contributed by atoms with van der Waals surface area (Å²) in [5.41, 5.74) is 3.86. The molecule has 24 heavy (non-hydrogen) atoms. The van der Waals surface area contributed by atoms with Crippen molar-refractivity contribution >= 4 is 27.6 Å². The summed E-state index contributed by atoms with van der Waals surface area (Å²) < 4.78 is 8.07. The molecule has 7 heteroatoms. The van der Waals surface area contributed by atoms with E-state index in [2.05, 4.69) is 15.0 Å². The van der Waals surface area contributed by atoms with Crippen LogP contribution in [-0.2, 0) is 17.8 Å². The number of nitrogen functional groups attached to an aromatic ring is 1. The lowest BCUT2D eigenvalue weighted by Gasteiger charge is -2.31. The largest absolute Gasteiger partial charge is 0.370 e. The van der Waals surface area contributed by atoms with Gasteiger partial charge in [0.1, 0.15) is 10.3 Å². The first-order valence-electron chi connectivity index (χ1n) is 8.67. The Morgan fingerprint density at radius 2 is 2.08 bits per heavy atom. The van der Waals surface area contributed by atoms with Crippen molar-refractivity contribution in [3.8, 4) is 0 Å². The number of aromatic nitrogens is 2. The highest BCUT2D eigenvalue weighted by Crippen LogP contribution is 2.37. The zero-order chi connectivity index (χ0) is 16.9. The van der Waals surface area contributed by atoms with Crippen LogP contribution in [0.25, 0.3) is 10.3 Å². The molecule has 4 rings (SSSR count). The Bertz CT molecular complexity index is 833. The second-order valence-electron chi connectivity index (χ2n) is 7.45. The van der Waals surface area contributed by atoms with Gasteiger partial charge in [0.25, 0.3) is 0 Å². The Balaban J connectivity index is 1.91. The van der Waals surface area contributed by atoms with Gasteiger partial charge in [0.05, 0.1) is 12.2 Å². The summed E-state index contributed by atoms with van der Waals surface area (Å²) in [4.78, 5) is 19.5. The average Bonchev–Trinajstić information content (AvgIpc) is 2.95. The molecule has 0 amide bonds. The summed E-state index contributed by atoms with van der Waals surface area (Å²) in [5.74, 6) is 6.32. The molecule has 0 radical (unpaired) electrons. The van der Waals surface area contributed by atoms with Gasteiger partial charge in [-0.05, 0) is 26.7 Å². The van der Waals surface area contributed by atoms with E-state index in [1.165, 1.54) is 19.3 Å². The van der Waals surface area contributed by atoms with E-state index < -0.39 is 0 Å². The molecule has 130 valence electrons. The number of rotatable bonds is 2. The Kier molecular flexibility index (Phi) is 3.89. The molecule has 0 atom stereocenters. The molecule has 6 nitrogen and oxygen atoms in total. The minimum atomic E-state index is -0.298. The molecule has 1 aliphatic heterocycles. The zero-order valence-corrected chi connectivity index (χ0v) is 15.0. The van der Waals surface area contributed by atoms with Gasteiger partial charge in [0, 0.05) is 22.9 Å². The Labute approximate surface area is 145 Å². The quantitative estimate of drug-likeness (QED) is 0.644. The summed E-state index contributed by atoms with van der Waals surface area (Å²) in [7, 11) is 0. The van der Waals surface area contributed by atoms with Crippen molar-refractivity contribution in [3.05, 3.63) is 20.7 Å². The fourth-order valence-corrected chi connectivity index (χ4v) is 5.13. The van der Waals surface area contributed by atoms with Crippen LogP contribution < -0.4 is 16.7 Å². The topological polar surface area (TPSA) is 82.2 Å². The van der Waals surface area contributed by atoms with Gasteiger partial charge >= 0.3 is 0 Å². The van der Waals surface area contributed by atoms with Crippen molar-refractivity contribution in [2.75, 3.05) is 5.43 Å². The third-order valence-electron chi connectivity index (χ3n) is 5.18. The maximum atomic E-state index is 13.0. The van der Waals surface area contributed by atoms with Gasteiger partial charge in [0.2, 0.25) is 11.4 Å². The van der Waals surface area contributed by atoms with E-state index in [9.17, 15) is 4.79 Å². The third kappa shape index (κ3) is 2.55. The monoisotopic (exact) mass is 348 g/mol. The predicted octanol–water partition coefficient (Wildman–Crippen LogP) is 3.10. The highest BCUT2D eigenvalue weighted by molar-refractivity contribution is 7.18. The normalized spacial score (nSPS) is 21.0. The fourth-order valence-electron chi connectivity index (χ4n) is 3.92. The number of hydrogen-bond acceptors (Lipinski definition) is 6. The van der Waals surface area contributed by atoms with Crippen molar-refractivity contribution in [1.82, 2.24) is 9.55 Å². The van der Waals surface area contributed by atoms with Crippen LogP contribution in [0.4, 0.5) is 5.95 Å². The second-order valence-corrected chi connectivity index (χ2v) is 8.54. The van der Waals surface area contributed by atoms with Gasteiger partial charge in [-0.25, -0.2) is 10.8 Å². The first kappa shape index (κ1) is 16.1. The number of hydrogen-bond donors (Lipinski definition) is 2. The third-order valence-corrected chi connectivity index (χ3v) is 6.37. The molecule has 1 saturated carbocycles. The molecule has 3 N–H and O–H groups in total. The van der Waals surface area contributed by atoms with Gasteiger partial charge in [0.15, 0.2) is 0 Å². The number of imidazole rings is 1. The molecule has 0 unspecified atom stereocenters. The number of nitrogens with one attached hydrogen (secondary N) is 1. The van der Waals surface area contributed by atoms with Crippen LogP contribution in [-0.4, -0.2) is 15.2 Å².